The molecule has 8 nitrogen and oxygen atoms in total. The number of alkyl carbamates (subject to hydrolysis) is 2. The largest absolute Gasteiger partial charge is 0.493 e. The highest BCUT2D eigenvalue weighted by Crippen LogP contribution is 2.30. The predicted molar refractivity (Wildman–Crippen MR) is 110 cm³/mol. The fourth-order valence-corrected chi connectivity index (χ4v) is 2.65. The summed E-state index contributed by atoms with van der Waals surface area (Å²) in [5.74, 6) is 1.12. The van der Waals surface area contributed by atoms with E-state index in [1.54, 1.807) is 39.2 Å². The van der Waals surface area contributed by atoms with Gasteiger partial charge in [0.15, 0.2) is 11.5 Å². The fraction of sp³-hybridized carbons (Fsp3) is 0.619. The average Bonchev–Trinajstić information content (AvgIpc) is 2.70. The van der Waals surface area contributed by atoms with Gasteiger partial charge in [-0.3, -0.25) is 10.6 Å². The number of benzene rings is 1. The van der Waals surface area contributed by atoms with Crippen LogP contribution in [0.15, 0.2) is 18.2 Å². The quantitative estimate of drug-likeness (QED) is 0.366. The van der Waals surface area contributed by atoms with E-state index in [4.69, 9.17) is 18.9 Å². The lowest BCUT2D eigenvalue weighted by Gasteiger charge is -2.21. The Morgan fingerprint density at radius 1 is 0.897 bits per heavy atom. The first-order valence-electron chi connectivity index (χ1n) is 10.2. The van der Waals surface area contributed by atoms with Crippen LogP contribution >= 0.6 is 0 Å². The third kappa shape index (κ3) is 9.40. The fourth-order valence-electron chi connectivity index (χ4n) is 2.65. The zero-order valence-corrected chi connectivity index (χ0v) is 17.9. The van der Waals surface area contributed by atoms with Crippen LogP contribution in [0.5, 0.6) is 11.5 Å². The van der Waals surface area contributed by atoms with Gasteiger partial charge in [-0.15, -0.1) is 0 Å². The third-order valence-corrected chi connectivity index (χ3v) is 4.10. The average molecular weight is 411 g/mol. The Hall–Kier alpha value is -2.64. The van der Waals surface area contributed by atoms with Crippen LogP contribution in [0, 0.1) is 0 Å². The Morgan fingerprint density at radius 3 is 2.07 bits per heavy atom. The molecule has 0 fully saturated rings. The molecule has 0 bridgehead atoms. The highest BCUT2D eigenvalue weighted by atomic mass is 16.6. The first kappa shape index (κ1) is 24.4. The summed E-state index contributed by atoms with van der Waals surface area (Å²) in [7, 11) is 1.54. The molecule has 0 aliphatic rings. The molecule has 0 unspecified atom stereocenters. The number of nitrogens with one attached hydrogen (secondary N) is 2. The first-order chi connectivity index (χ1) is 14.0. The predicted octanol–water partition coefficient (Wildman–Crippen LogP) is 4.54. The highest BCUT2D eigenvalue weighted by Gasteiger charge is 2.20. The van der Waals surface area contributed by atoms with Gasteiger partial charge in [0, 0.05) is 0 Å². The summed E-state index contributed by atoms with van der Waals surface area (Å²) in [4.78, 5) is 23.7. The van der Waals surface area contributed by atoms with E-state index < -0.39 is 18.4 Å². The van der Waals surface area contributed by atoms with E-state index in [0.717, 1.165) is 12.8 Å². The van der Waals surface area contributed by atoms with Crippen molar-refractivity contribution in [1.29, 1.82) is 0 Å². The van der Waals surface area contributed by atoms with Crippen LogP contribution in [0.1, 0.15) is 64.6 Å². The minimum Gasteiger partial charge on any atom is -0.493 e. The number of amides is 2. The van der Waals surface area contributed by atoms with Gasteiger partial charge < -0.3 is 18.9 Å². The summed E-state index contributed by atoms with van der Waals surface area (Å²) < 4.78 is 21.1. The number of rotatable bonds is 13. The van der Waals surface area contributed by atoms with Crippen molar-refractivity contribution in [1.82, 2.24) is 10.6 Å². The van der Waals surface area contributed by atoms with Crippen LogP contribution in [0.2, 0.25) is 0 Å². The summed E-state index contributed by atoms with van der Waals surface area (Å²) in [6.07, 6.45) is 3.60. The van der Waals surface area contributed by atoms with Gasteiger partial charge >= 0.3 is 12.2 Å². The summed E-state index contributed by atoms with van der Waals surface area (Å²) >= 11 is 0. The van der Waals surface area contributed by atoms with Crippen LogP contribution in [0.25, 0.3) is 0 Å². The molecule has 0 aliphatic carbocycles. The van der Waals surface area contributed by atoms with Crippen molar-refractivity contribution < 1.29 is 28.5 Å². The molecule has 0 aromatic heterocycles. The standard InChI is InChI=1S/C21H34N2O6/c1-5-8-9-10-11-14-29-17-13-12-16(15-18(17)26-4)19(22-20(24)27-6-2)23-21(25)28-7-3/h12-13,15,19H,5-11,14H2,1-4H3,(H,22,24)(H,23,25). The Morgan fingerprint density at radius 2 is 1.52 bits per heavy atom. The second-order valence-corrected chi connectivity index (χ2v) is 6.34. The van der Waals surface area contributed by atoms with Gasteiger partial charge in [0.1, 0.15) is 6.17 Å². The van der Waals surface area contributed by atoms with E-state index in [9.17, 15) is 9.59 Å². The number of hydrogen-bond acceptors (Lipinski definition) is 6. The van der Waals surface area contributed by atoms with Gasteiger partial charge in [0.25, 0.3) is 0 Å². The molecule has 1 rings (SSSR count). The third-order valence-electron chi connectivity index (χ3n) is 4.10. The van der Waals surface area contributed by atoms with Crippen LogP contribution in [0.3, 0.4) is 0 Å². The van der Waals surface area contributed by atoms with Crippen molar-refractivity contribution in [2.75, 3.05) is 26.9 Å². The van der Waals surface area contributed by atoms with Gasteiger partial charge in [-0.05, 0) is 38.0 Å². The number of carbonyl (C=O) groups excluding carboxylic acids is 2. The molecule has 0 spiro atoms. The molecule has 8 heteroatoms. The van der Waals surface area contributed by atoms with Gasteiger partial charge in [0.2, 0.25) is 0 Å². The van der Waals surface area contributed by atoms with Crippen molar-refractivity contribution >= 4 is 12.2 Å². The van der Waals surface area contributed by atoms with E-state index in [1.165, 1.54) is 19.3 Å². The maximum atomic E-state index is 11.9. The van der Waals surface area contributed by atoms with Crippen LogP contribution in [0.4, 0.5) is 9.59 Å². The number of methoxy groups -OCH3 is 1. The first-order valence-corrected chi connectivity index (χ1v) is 10.2. The summed E-state index contributed by atoms with van der Waals surface area (Å²) in [6.45, 7) is 6.61. The Labute approximate surface area is 173 Å². The molecular formula is C21H34N2O6. The van der Waals surface area contributed by atoms with Gasteiger partial charge in [-0.1, -0.05) is 38.7 Å². The van der Waals surface area contributed by atoms with Crippen LogP contribution in [-0.4, -0.2) is 39.1 Å². The number of hydrogen-bond donors (Lipinski definition) is 2. The molecule has 0 heterocycles. The van der Waals surface area contributed by atoms with Crippen molar-refractivity contribution in [3.8, 4) is 11.5 Å². The molecule has 164 valence electrons. The molecule has 0 aliphatic heterocycles. The van der Waals surface area contributed by atoms with E-state index in [-0.39, 0.29) is 13.2 Å². The topological polar surface area (TPSA) is 95.1 Å². The molecule has 2 amide bonds. The lowest BCUT2D eigenvalue weighted by atomic mass is 10.1. The molecule has 29 heavy (non-hydrogen) atoms. The summed E-state index contributed by atoms with van der Waals surface area (Å²) in [5.41, 5.74) is 0.596. The Balaban J connectivity index is 2.83. The van der Waals surface area contributed by atoms with E-state index in [0.29, 0.717) is 23.7 Å². The van der Waals surface area contributed by atoms with Gasteiger partial charge in [0.05, 0.1) is 26.9 Å². The van der Waals surface area contributed by atoms with E-state index in [1.807, 2.05) is 0 Å². The summed E-state index contributed by atoms with van der Waals surface area (Å²) in [5, 5.41) is 5.19. The SMILES string of the molecule is CCCCCCCOc1ccc(C(NC(=O)OCC)NC(=O)OCC)cc1OC. The second kappa shape index (κ2) is 14.4. The lowest BCUT2D eigenvalue weighted by molar-refractivity contribution is 0.135. The van der Waals surface area contributed by atoms with Gasteiger partial charge in [-0.2, -0.15) is 0 Å². The smallest absolute Gasteiger partial charge is 0.409 e. The Kier molecular flexibility index (Phi) is 12.1. The van der Waals surface area contributed by atoms with E-state index >= 15 is 0 Å². The molecule has 0 saturated carbocycles. The van der Waals surface area contributed by atoms with Crippen molar-refractivity contribution in [2.24, 2.45) is 0 Å². The summed E-state index contributed by atoms with van der Waals surface area (Å²) in [6, 6.07) is 5.21. The monoisotopic (exact) mass is 410 g/mol. The van der Waals surface area contributed by atoms with Crippen molar-refractivity contribution in [3.05, 3.63) is 23.8 Å². The van der Waals surface area contributed by atoms with Gasteiger partial charge in [-0.25, -0.2) is 9.59 Å². The molecule has 0 radical (unpaired) electrons. The zero-order valence-electron chi connectivity index (χ0n) is 17.9. The lowest BCUT2D eigenvalue weighted by Crippen LogP contribution is -2.41. The number of unbranched alkanes of at least 4 members (excludes halogenated alkanes) is 4. The zero-order chi connectivity index (χ0) is 21.5. The minimum atomic E-state index is -0.843. The second-order valence-electron chi connectivity index (χ2n) is 6.34. The molecule has 0 saturated heterocycles. The molecule has 0 atom stereocenters. The van der Waals surface area contributed by atoms with Crippen molar-refractivity contribution in [3.63, 3.8) is 0 Å². The number of ether oxygens (including phenoxy) is 4. The highest BCUT2D eigenvalue weighted by molar-refractivity contribution is 5.71. The number of carbonyl (C=O) groups is 2. The molecule has 1 aromatic carbocycles. The normalized spacial score (nSPS) is 10.4. The van der Waals surface area contributed by atoms with Crippen LogP contribution < -0.4 is 20.1 Å². The minimum absolute atomic E-state index is 0.215. The maximum Gasteiger partial charge on any atom is 0.409 e. The molecular weight excluding hydrogens is 376 g/mol. The van der Waals surface area contributed by atoms with Crippen LogP contribution in [-0.2, 0) is 9.47 Å². The maximum absolute atomic E-state index is 11.9. The molecule has 2 N–H and O–H groups in total. The van der Waals surface area contributed by atoms with E-state index in [2.05, 4.69) is 17.6 Å². The molecule has 1 aromatic rings. The Bertz CT molecular complexity index is 603. The van der Waals surface area contributed by atoms with Crippen molar-refractivity contribution in [2.45, 2.75) is 59.0 Å².